The molecule has 0 aromatic heterocycles. The van der Waals surface area contributed by atoms with E-state index in [0.29, 0.717) is 48.2 Å². The Morgan fingerprint density at radius 3 is 2.62 bits per heavy atom. The van der Waals surface area contributed by atoms with E-state index < -0.39 is 6.04 Å². The molecule has 2 aliphatic rings. The van der Waals surface area contributed by atoms with Crippen molar-refractivity contribution in [1.82, 2.24) is 10.2 Å². The van der Waals surface area contributed by atoms with Crippen LogP contribution in [0.1, 0.15) is 50.4 Å². The molecule has 4 rings (SSSR count). The van der Waals surface area contributed by atoms with Crippen LogP contribution in [0.15, 0.2) is 42.5 Å². The number of benzene rings is 2. The molecule has 0 bridgehead atoms. The zero-order valence-corrected chi connectivity index (χ0v) is 18.6. The van der Waals surface area contributed by atoms with E-state index in [1.54, 1.807) is 41.3 Å². The van der Waals surface area contributed by atoms with Crippen molar-refractivity contribution >= 4 is 23.4 Å². The number of hydrogen-bond acceptors (Lipinski definition) is 3. The zero-order chi connectivity index (χ0) is 23.0. The lowest BCUT2D eigenvalue weighted by Crippen LogP contribution is -2.55. The summed E-state index contributed by atoms with van der Waals surface area (Å²) in [5.41, 5.74) is 1.61. The van der Waals surface area contributed by atoms with E-state index in [2.05, 4.69) is 10.6 Å². The van der Waals surface area contributed by atoms with Gasteiger partial charge in [-0.1, -0.05) is 45.0 Å². The molecule has 2 N–H and O–H groups in total. The van der Waals surface area contributed by atoms with Gasteiger partial charge in [0.15, 0.2) is 0 Å². The Labute approximate surface area is 187 Å². The highest BCUT2D eigenvalue weighted by molar-refractivity contribution is 6.10. The van der Waals surface area contributed by atoms with Crippen molar-refractivity contribution < 1.29 is 18.8 Å². The number of nitrogens with one attached hydrogen (secondary N) is 2. The van der Waals surface area contributed by atoms with Gasteiger partial charge in [-0.05, 0) is 42.0 Å². The van der Waals surface area contributed by atoms with E-state index >= 15 is 0 Å². The maximum absolute atomic E-state index is 14.3. The largest absolute Gasteiger partial charge is 0.353 e. The smallest absolute Gasteiger partial charge is 0.256 e. The quantitative estimate of drug-likeness (QED) is 0.763. The van der Waals surface area contributed by atoms with E-state index in [1.807, 2.05) is 20.8 Å². The fourth-order valence-corrected chi connectivity index (χ4v) is 4.41. The van der Waals surface area contributed by atoms with E-state index in [9.17, 15) is 18.8 Å². The molecular weight excluding hydrogens is 409 g/mol. The van der Waals surface area contributed by atoms with Crippen LogP contribution in [0.3, 0.4) is 0 Å². The molecule has 0 spiro atoms. The summed E-state index contributed by atoms with van der Waals surface area (Å²) >= 11 is 0. The van der Waals surface area contributed by atoms with Crippen LogP contribution in [0.2, 0.25) is 0 Å². The molecule has 0 saturated carbocycles. The number of carbonyl (C=O) groups excluding carboxylic acids is 3. The van der Waals surface area contributed by atoms with Gasteiger partial charge >= 0.3 is 0 Å². The Balaban J connectivity index is 1.56. The molecular formula is C25H28FN3O3. The van der Waals surface area contributed by atoms with Crippen LogP contribution in [-0.2, 0) is 9.59 Å². The fraction of sp³-hybridized carbons (Fsp3) is 0.400. The molecule has 2 heterocycles. The van der Waals surface area contributed by atoms with Crippen molar-refractivity contribution in [1.29, 1.82) is 0 Å². The Kier molecular flexibility index (Phi) is 5.75. The molecule has 0 unspecified atom stereocenters. The second-order valence-corrected chi connectivity index (χ2v) is 9.77. The van der Waals surface area contributed by atoms with Gasteiger partial charge in [0.2, 0.25) is 11.8 Å². The van der Waals surface area contributed by atoms with Crippen LogP contribution >= 0.6 is 0 Å². The van der Waals surface area contributed by atoms with Crippen molar-refractivity contribution in [2.45, 2.75) is 52.1 Å². The summed E-state index contributed by atoms with van der Waals surface area (Å²) in [4.78, 5) is 40.2. The SMILES string of the molecule is CC(C)(C)CC(=O)N[C@@H]1CCN2C(=O)c3cc(-c4ccccc4F)ccc3NC(=O)[C@@H]2C1. The van der Waals surface area contributed by atoms with Crippen LogP contribution in [0.25, 0.3) is 11.1 Å². The fourth-order valence-electron chi connectivity index (χ4n) is 4.41. The van der Waals surface area contributed by atoms with Crippen LogP contribution in [0.4, 0.5) is 10.1 Å². The summed E-state index contributed by atoms with van der Waals surface area (Å²) in [7, 11) is 0. The van der Waals surface area contributed by atoms with Crippen LogP contribution in [-0.4, -0.2) is 41.2 Å². The number of carbonyl (C=O) groups is 3. The van der Waals surface area contributed by atoms with Crippen molar-refractivity contribution in [2.75, 3.05) is 11.9 Å². The van der Waals surface area contributed by atoms with Crippen LogP contribution < -0.4 is 10.6 Å². The number of fused-ring (bicyclic) bond motifs is 2. The molecule has 2 aromatic carbocycles. The molecule has 168 valence electrons. The van der Waals surface area contributed by atoms with Crippen molar-refractivity contribution in [3.8, 4) is 11.1 Å². The maximum Gasteiger partial charge on any atom is 0.256 e. The van der Waals surface area contributed by atoms with Gasteiger partial charge in [0.25, 0.3) is 5.91 Å². The van der Waals surface area contributed by atoms with E-state index in [-0.39, 0.29) is 35.0 Å². The van der Waals surface area contributed by atoms with Crippen molar-refractivity contribution in [2.24, 2.45) is 5.41 Å². The lowest BCUT2D eigenvalue weighted by Gasteiger charge is -2.37. The Bertz CT molecular complexity index is 1080. The molecule has 1 saturated heterocycles. The van der Waals surface area contributed by atoms with Crippen LogP contribution in [0, 0.1) is 11.2 Å². The number of nitrogens with zero attached hydrogens (tertiary/aromatic N) is 1. The number of hydrogen-bond donors (Lipinski definition) is 2. The lowest BCUT2D eigenvalue weighted by molar-refractivity contribution is -0.126. The monoisotopic (exact) mass is 437 g/mol. The van der Waals surface area contributed by atoms with Gasteiger partial charge in [-0.3, -0.25) is 14.4 Å². The van der Waals surface area contributed by atoms with E-state index in [4.69, 9.17) is 0 Å². The summed E-state index contributed by atoms with van der Waals surface area (Å²) in [5.74, 6) is -0.956. The number of anilines is 1. The molecule has 0 radical (unpaired) electrons. The van der Waals surface area contributed by atoms with Gasteiger partial charge in [0.1, 0.15) is 11.9 Å². The second-order valence-electron chi connectivity index (χ2n) is 9.77. The molecule has 6 nitrogen and oxygen atoms in total. The normalized spacial score (nSPS) is 20.7. The molecule has 2 atom stereocenters. The van der Waals surface area contributed by atoms with Crippen LogP contribution in [0.5, 0.6) is 0 Å². The summed E-state index contributed by atoms with van der Waals surface area (Å²) in [6.45, 7) is 6.36. The first-order valence-electron chi connectivity index (χ1n) is 10.9. The Morgan fingerprint density at radius 1 is 1.16 bits per heavy atom. The Morgan fingerprint density at radius 2 is 1.91 bits per heavy atom. The number of rotatable bonds is 3. The predicted molar refractivity (Wildman–Crippen MR) is 121 cm³/mol. The molecule has 32 heavy (non-hydrogen) atoms. The maximum atomic E-state index is 14.3. The Hall–Kier alpha value is -3.22. The summed E-state index contributed by atoms with van der Waals surface area (Å²) in [6, 6.07) is 10.5. The first kappa shape index (κ1) is 22.0. The third-order valence-electron chi connectivity index (χ3n) is 5.91. The average Bonchev–Trinajstić information content (AvgIpc) is 2.81. The molecule has 7 heteroatoms. The molecule has 3 amide bonds. The summed E-state index contributed by atoms with van der Waals surface area (Å²) in [5, 5.41) is 5.87. The first-order chi connectivity index (χ1) is 15.1. The minimum atomic E-state index is -0.666. The van der Waals surface area contributed by atoms with Gasteiger partial charge in [-0.2, -0.15) is 0 Å². The number of piperidine rings is 1. The van der Waals surface area contributed by atoms with Gasteiger partial charge in [-0.15, -0.1) is 0 Å². The minimum absolute atomic E-state index is 0.0471. The highest BCUT2D eigenvalue weighted by atomic mass is 19.1. The van der Waals surface area contributed by atoms with Gasteiger partial charge in [-0.25, -0.2) is 4.39 Å². The zero-order valence-electron chi connectivity index (χ0n) is 18.6. The summed E-state index contributed by atoms with van der Waals surface area (Å²) < 4.78 is 14.3. The molecule has 2 aliphatic heterocycles. The molecule has 2 aromatic rings. The lowest BCUT2D eigenvalue weighted by atomic mass is 9.91. The summed E-state index contributed by atoms with van der Waals surface area (Å²) in [6.07, 6.45) is 1.34. The topological polar surface area (TPSA) is 78.5 Å². The standard InChI is InChI=1S/C25H28FN3O3/c1-25(2,3)14-22(30)27-16-10-11-29-21(13-16)23(31)28-20-9-8-15(12-18(20)24(29)32)17-6-4-5-7-19(17)26/h4-9,12,16,21H,10-11,13-14H2,1-3H3,(H,27,30)(H,28,31)/t16-,21+/m1/s1. The minimum Gasteiger partial charge on any atom is -0.353 e. The molecule has 0 aliphatic carbocycles. The van der Waals surface area contributed by atoms with Crippen molar-refractivity contribution in [3.63, 3.8) is 0 Å². The second kappa shape index (κ2) is 8.37. The predicted octanol–water partition coefficient (Wildman–Crippen LogP) is 3.97. The van der Waals surface area contributed by atoms with Gasteiger partial charge < -0.3 is 15.5 Å². The third-order valence-corrected chi connectivity index (χ3v) is 5.91. The third kappa shape index (κ3) is 4.52. The highest BCUT2D eigenvalue weighted by Crippen LogP contribution is 2.32. The number of amides is 3. The molecule has 1 fully saturated rings. The number of halogens is 1. The van der Waals surface area contributed by atoms with Gasteiger partial charge in [0.05, 0.1) is 11.3 Å². The van der Waals surface area contributed by atoms with E-state index in [1.165, 1.54) is 6.07 Å². The first-order valence-corrected chi connectivity index (χ1v) is 10.9. The van der Waals surface area contributed by atoms with Gasteiger partial charge in [0, 0.05) is 24.6 Å². The highest BCUT2D eigenvalue weighted by Gasteiger charge is 2.40. The van der Waals surface area contributed by atoms with E-state index in [0.717, 1.165) is 0 Å². The average molecular weight is 438 g/mol. The van der Waals surface area contributed by atoms with Crippen molar-refractivity contribution in [3.05, 3.63) is 53.8 Å².